The van der Waals surface area contributed by atoms with Crippen LogP contribution in [-0.2, 0) is 0 Å². The number of aliphatic hydroxyl groups excluding tert-OH is 1. The molecule has 1 fully saturated rings. The number of aryl methyl sites for hydroxylation is 1. The normalized spacial score (nSPS) is 15.3. The number of halogens is 1. The molecule has 0 aliphatic heterocycles. The maximum atomic E-state index is 9.56. The minimum Gasteiger partial charge on any atom is -0.394 e. The summed E-state index contributed by atoms with van der Waals surface area (Å²) in [4.78, 5) is 9.23. The molecule has 1 aliphatic carbocycles. The van der Waals surface area contributed by atoms with Crippen LogP contribution in [0.15, 0.2) is 24.3 Å². The van der Waals surface area contributed by atoms with Crippen LogP contribution in [0.1, 0.15) is 43.9 Å². The summed E-state index contributed by atoms with van der Waals surface area (Å²) < 4.78 is 0. The summed E-state index contributed by atoms with van der Waals surface area (Å²) in [6.45, 7) is 6.15. The summed E-state index contributed by atoms with van der Waals surface area (Å²) >= 11 is 6.10. The Kier molecular flexibility index (Phi) is 5.45. The van der Waals surface area contributed by atoms with E-state index < -0.39 is 0 Å². The SMILES string of the molecule is Cc1cc(Nc2cc(C3CC3)nc(N[C@H](CO)C(C)C)n2)ccc1Cl. The van der Waals surface area contributed by atoms with Gasteiger partial charge in [-0.3, -0.25) is 0 Å². The van der Waals surface area contributed by atoms with E-state index in [4.69, 9.17) is 11.6 Å². The molecule has 0 bridgehead atoms. The van der Waals surface area contributed by atoms with Gasteiger partial charge >= 0.3 is 0 Å². The molecule has 0 amide bonds. The molecule has 0 spiro atoms. The van der Waals surface area contributed by atoms with E-state index in [1.165, 1.54) is 12.8 Å². The first-order chi connectivity index (χ1) is 12.0. The number of nitrogens with one attached hydrogen (secondary N) is 2. The number of anilines is 3. The standard InChI is InChI=1S/C19H25ClN4O/c1-11(2)17(10-25)23-19-22-16(13-4-5-13)9-18(24-19)21-14-6-7-15(20)12(3)8-14/h6-9,11,13,17,25H,4-5,10H2,1-3H3,(H2,21,22,23,24)/t17-/m1/s1. The van der Waals surface area contributed by atoms with Gasteiger partial charge in [0, 0.05) is 22.7 Å². The van der Waals surface area contributed by atoms with Crippen LogP contribution in [0.4, 0.5) is 17.5 Å². The molecule has 3 N–H and O–H groups in total. The van der Waals surface area contributed by atoms with Crippen LogP contribution in [0, 0.1) is 12.8 Å². The third kappa shape index (κ3) is 4.61. The van der Waals surface area contributed by atoms with Gasteiger partial charge in [0.1, 0.15) is 5.82 Å². The molecule has 5 nitrogen and oxygen atoms in total. The van der Waals surface area contributed by atoms with Crippen molar-refractivity contribution >= 4 is 29.1 Å². The van der Waals surface area contributed by atoms with Gasteiger partial charge in [-0.05, 0) is 49.4 Å². The second-order valence-electron chi connectivity index (χ2n) is 7.04. The molecule has 0 radical (unpaired) electrons. The fourth-order valence-corrected chi connectivity index (χ4v) is 2.76. The Morgan fingerprint density at radius 1 is 1.24 bits per heavy atom. The van der Waals surface area contributed by atoms with Crippen molar-refractivity contribution in [3.05, 3.63) is 40.5 Å². The highest BCUT2D eigenvalue weighted by Gasteiger charge is 2.26. The molecule has 1 aromatic carbocycles. The number of aromatic nitrogens is 2. The van der Waals surface area contributed by atoms with E-state index in [0.29, 0.717) is 11.9 Å². The van der Waals surface area contributed by atoms with Gasteiger partial charge in [0.25, 0.3) is 0 Å². The Morgan fingerprint density at radius 3 is 2.60 bits per heavy atom. The highest BCUT2D eigenvalue weighted by Crippen LogP contribution is 2.40. The fourth-order valence-electron chi connectivity index (χ4n) is 2.64. The largest absolute Gasteiger partial charge is 0.394 e. The average molecular weight is 361 g/mol. The van der Waals surface area contributed by atoms with E-state index in [1.807, 2.05) is 31.2 Å². The minimum atomic E-state index is -0.0694. The van der Waals surface area contributed by atoms with Gasteiger partial charge in [-0.25, -0.2) is 4.98 Å². The predicted molar refractivity (Wildman–Crippen MR) is 103 cm³/mol. The molecule has 0 unspecified atom stereocenters. The van der Waals surface area contributed by atoms with Crippen molar-refractivity contribution in [3.8, 4) is 0 Å². The molecule has 1 heterocycles. The number of hydrogen-bond donors (Lipinski definition) is 3. The lowest BCUT2D eigenvalue weighted by Crippen LogP contribution is -2.30. The third-order valence-electron chi connectivity index (χ3n) is 4.49. The van der Waals surface area contributed by atoms with Crippen molar-refractivity contribution in [2.24, 2.45) is 5.92 Å². The molecule has 25 heavy (non-hydrogen) atoms. The van der Waals surface area contributed by atoms with Gasteiger partial charge in [0.15, 0.2) is 0 Å². The lowest BCUT2D eigenvalue weighted by Gasteiger charge is -2.20. The van der Waals surface area contributed by atoms with E-state index in [1.54, 1.807) is 0 Å². The highest BCUT2D eigenvalue weighted by atomic mass is 35.5. The summed E-state index contributed by atoms with van der Waals surface area (Å²) in [5.74, 6) is 2.11. The summed E-state index contributed by atoms with van der Waals surface area (Å²) in [5.41, 5.74) is 3.00. The molecule has 2 aromatic rings. The monoisotopic (exact) mass is 360 g/mol. The van der Waals surface area contributed by atoms with Crippen molar-refractivity contribution in [3.63, 3.8) is 0 Å². The minimum absolute atomic E-state index is 0.0494. The van der Waals surface area contributed by atoms with Gasteiger partial charge in [0.05, 0.1) is 18.3 Å². The van der Waals surface area contributed by atoms with Gasteiger partial charge < -0.3 is 15.7 Å². The highest BCUT2D eigenvalue weighted by molar-refractivity contribution is 6.31. The molecule has 1 atom stereocenters. The van der Waals surface area contributed by atoms with Crippen LogP contribution in [0.3, 0.4) is 0 Å². The Balaban J connectivity index is 1.86. The zero-order valence-corrected chi connectivity index (χ0v) is 15.6. The number of hydrogen-bond acceptors (Lipinski definition) is 5. The molecule has 1 aromatic heterocycles. The second-order valence-corrected chi connectivity index (χ2v) is 7.45. The number of aliphatic hydroxyl groups is 1. The molecule has 3 rings (SSSR count). The quantitative estimate of drug-likeness (QED) is 0.678. The first-order valence-corrected chi connectivity index (χ1v) is 9.13. The van der Waals surface area contributed by atoms with Crippen LogP contribution in [0.2, 0.25) is 5.02 Å². The Hall–Kier alpha value is -1.85. The average Bonchev–Trinajstić information content (AvgIpc) is 3.40. The Labute approximate surface area is 153 Å². The van der Waals surface area contributed by atoms with Crippen molar-refractivity contribution < 1.29 is 5.11 Å². The maximum absolute atomic E-state index is 9.56. The smallest absolute Gasteiger partial charge is 0.225 e. The predicted octanol–water partition coefficient (Wildman–Crippen LogP) is 4.49. The summed E-state index contributed by atoms with van der Waals surface area (Å²) in [6, 6.07) is 7.75. The zero-order valence-electron chi connectivity index (χ0n) is 14.9. The lowest BCUT2D eigenvalue weighted by molar-refractivity contribution is 0.248. The topological polar surface area (TPSA) is 70.1 Å². The van der Waals surface area contributed by atoms with Crippen LogP contribution in [-0.4, -0.2) is 27.7 Å². The van der Waals surface area contributed by atoms with Crippen LogP contribution in [0.5, 0.6) is 0 Å². The van der Waals surface area contributed by atoms with Crippen molar-refractivity contribution in [1.82, 2.24) is 9.97 Å². The summed E-state index contributed by atoms with van der Waals surface area (Å²) in [6.07, 6.45) is 2.34. The van der Waals surface area contributed by atoms with Gasteiger partial charge in [-0.15, -0.1) is 0 Å². The zero-order chi connectivity index (χ0) is 18.0. The molecular formula is C19H25ClN4O. The van der Waals surface area contributed by atoms with E-state index in [2.05, 4.69) is 34.4 Å². The van der Waals surface area contributed by atoms with E-state index in [-0.39, 0.29) is 18.6 Å². The van der Waals surface area contributed by atoms with Gasteiger partial charge in [-0.2, -0.15) is 4.98 Å². The first kappa shape index (κ1) is 18.0. The van der Waals surface area contributed by atoms with Crippen molar-refractivity contribution in [2.75, 3.05) is 17.2 Å². The van der Waals surface area contributed by atoms with Crippen LogP contribution in [0.25, 0.3) is 0 Å². The maximum Gasteiger partial charge on any atom is 0.225 e. The lowest BCUT2D eigenvalue weighted by atomic mass is 10.1. The van der Waals surface area contributed by atoms with Gasteiger partial charge in [-0.1, -0.05) is 25.4 Å². The van der Waals surface area contributed by atoms with Crippen molar-refractivity contribution in [1.29, 1.82) is 0 Å². The van der Waals surface area contributed by atoms with E-state index in [0.717, 1.165) is 27.8 Å². The molecule has 134 valence electrons. The third-order valence-corrected chi connectivity index (χ3v) is 4.91. The van der Waals surface area contributed by atoms with Crippen LogP contribution < -0.4 is 10.6 Å². The molecular weight excluding hydrogens is 336 g/mol. The second kappa shape index (κ2) is 7.58. The van der Waals surface area contributed by atoms with E-state index >= 15 is 0 Å². The van der Waals surface area contributed by atoms with Gasteiger partial charge in [0.2, 0.25) is 5.95 Å². The molecule has 1 saturated carbocycles. The Bertz CT molecular complexity index is 746. The summed E-state index contributed by atoms with van der Waals surface area (Å²) in [7, 11) is 0. The van der Waals surface area contributed by atoms with E-state index in [9.17, 15) is 5.11 Å². The number of nitrogens with zero attached hydrogens (tertiary/aromatic N) is 2. The van der Waals surface area contributed by atoms with Crippen molar-refractivity contribution in [2.45, 2.75) is 45.6 Å². The fraction of sp³-hybridized carbons (Fsp3) is 0.474. The molecule has 6 heteroatoms. The molecule has 0 saturated heterocycles. The first-order valence-electron chi connectivity index (χ1n) is 8.76. The molecule has 1 aliphatic rings. The number of rotatable bonds is 7. The Morgan fingerprint density at radius 2 is 2.00 bits per heavy atom. The van der Waals surface area contributed by atoms with Crippen LogP contribution >= 0.6 is 11.6 Å². The summed E-state index contributed by atoms with van der Waals surface area (Å²) in [5, 5.41) is 16.9. The number of benzene rings is 1.